The third-order valence-electron chi connectivity index (χ3n) is 1.67. The fourth-order valence-electron chi connectivity index (χ4n) is 1.17. The van der Waals surface area contributed by atoms with Crippen molar-refractivity contribution >= 4 is 22.4 Å². The molecule has 0 spiro atoms. The molecule has 0 aliphatic heterocycles. The summed E-state index contributed by atoms with van der Waals surface area (Å²) in [6.07, 6.45) is 0. The lowest BCUT2D eigenvalue weighted by Crippen LogP contribution is -1.81. The van der Waals surface area contributed by atoms with E-state index in [4.69, 9.17) is 11.5 Å². The maximum atomic E-state index is 5.58. The lowest BCUT2D eigenvalue weighted by atomic mass is 10.2. The van der Waals surface area contributed by atoms with Crippen LogP contribution in [0.4, 0.5) is 11.5 Å². The average Bonchev–Trinajstić information content (AvgIpc) is 2.48. The molecule has 13 heavy (non-hydrogen) atoms. The highest BCUT2D eigenvalue weighted by molar-refractivity contribution is 5.85. The van der Waals surface area contributed by atoms with E-state index in [-0.39, 0.29) is 0 Å². The van der Waals surface area contributed by atoms with Gasteiger partial charge in [-0.15, -0.1) is 0 Å². The van der Waals surface area contributed by atoms with Crippen molar-refractivity contribution in [2.75, 3.05) is 11.5 Å². The molecule has 0 saturated carbocycles. The maximum absolute atomic E-state index is 5.58. The summed E-state index contributed by atoms with van der Waals surface area (Å²) in [7, 11) is 0. The van der Waals surface area contributed by atoms with Crippen LogP contribution in [0.5, 0.6) is 0 Å². The number of rotatable bonds is 0. The number of hydrogen-bond donors (Lipinski definition) is 3. The van der Waals surface area contributed by atoms with E-state index < -0.39 is 0 Å². The summed E-state index contributed by atoms with van der Waals surface area (Å²) in [5, 5.41) is 1.06. The van der Waals surface area contributed by atoms with E-state index >= 15 is 0 Å². The second kappa shape index (κ2) is 3.85. The van der Waals surface area contributed by atoms with Gasteiger partial charge < -0.3 is 16.5 Å². The van der Waals surface area contributed by atoms with Gasteiger partial charge in [0.05, 0.1) is 0 Å². The summed E-state index contributed by atoms with van der Waals surface area (Å²) >= 11 is 0. The van der Waals surface area contributed by atoms with Crippen LogP contribution >= 0.6 is 0 Å². The summed E-state index contributed by atoms with van der Waals surface area (Å²) in [4.78, 5) is 3.01. The smallest absolute Gasteiger partial charge is 0.101 e. The molecular weight excluding hydrogens is 162 g/mol. The zero-order valence-corrected chi connectivity index (χ0v) is 7.96. The molecule has 70 valence electrons. The summed E-state index contributed by atoms with van der Waals surface area (Å²) in [6, 6.07) is 7.52. The van der Waals surface area contributed by atoms with Crippen LogP contribution < -0.4 is 11.5 Å². The molecule has 2 aromatic rings. The van der Waals surface area contributed by atoms with Crippen LogP contribution in [0.25, 0.3) is 10.9 Å². The Bertz CT molecular complexity index is 390. The number of anilines is 2. The number of hydrogen-bond acceptors (Lipinski definition) is 2. The van der Waals surface area contributed by atoms with Crippen molar-refractivity contribution in [3.8, 4) is 0 Å². The van der Waals surface area contributed by atoms with E-state index in [9.17, 15) is 0 Å². The van der Waals surface area contributed by atoms with Crippen LogP contribution in [0.15, 0.2) is 24.3 Å². The molecule has 0 atom stereocenters. The highest BCUT2D eigenvalue weighted by atomic mass is 14.8. The minimum atomic E-state index is 0.672. The predicted molar refractivity (Wildman–Crippen MR) is 58.5 cm³/mol. The van der Waals surface area contributed by atoms with E-state index in [1.165, 1.54) is 0 Å². The predicted octanol–water partition coefficient (Wildman–Crippen LogP) is 2.36. The van der Waals surface area contributed by atoms with E-state index in [2.05, 4.69) is 4.98 Å². The molecule has 0 aliphatic carbocycles. The van der Waals surface area contributed by atoms with Gasteiger partial charge in [0.1, 0.15) is 5.82 Å². The first-order valence-electron chi connectivity index (χ1n) is 4.39. The molecule has 3 heteroatoms. The second-order valence-electron chi connectivity index (χ2n) is 2.57. The Morgan fingerprint density at radius 3 is 2.46 bits per heavy atom. The molecule has 1 heterocycles. The maximum Gasteiger partial charge on any atom is 0.101 e. The van der Waals surface area contributed by atoms with Crippen LogP contribution in [-0.2, 0) is 0 Å². The van der Waals surface area contributed by atoms with E-state index in [0.29, 0.717) is 5.82 Å². The summed E-state index contributed by atoms with van der Waals surface area (Å²) in [5.41, 5.74) is 12.9. The number of nitrogens with two attached hydrogens (primary N) is 2. The van der Waals surface area contributed by atoms with Crippen molar-refractivity contribution in [1.82, 2.24) is 4.98 Å². The number of nitrogens with one attached hydrogen (secondary N) is 1. The first kappa shape index (κ1) is 9.45. The zero-order valence-electron chi connectivity index (χ0n) is 7.96. The Morgan fingerprint density at radius 2 is 1.77 bits per heavy atom. The standard InChI is InChI=1S/C8H9N3.C2H6/c9-6-1-2-7-5(3-6)4-8(10)11-7;1-2/h1-4,11H,9-10H2;1-2H3. The summed E-state index contributed by atoms with van der Waals surface area (Å²) in [5.74, 6) is 0.672. The zero-order chi connectivity index (χ0) is 9.84. The summed E-state index contributed by atoms with van der Waals surface area (Å²) < 4.78 is 0. The molecule has 0 fully saturated rings. The first-order valence-corrected chi connectivity index (χ1v) is 4.39. The molecule has 3 nitrogen and oxygen atoms in total. The highest BCUT2D eigenvalue weighted by Gasteiger charge is 1.96. The van der Waals surface area contributed by atoms with Gasteiger partial charge in [0.2, 0.25) is 0 Å². The van der Waals surface area contributed by atoms with Crippen LogP contribution in [-0.4, -0.2) is 4.98 Å². The van der Waals surface area contributed by atoms with Crippen molar-refractivity contribution in [2.24, 2.45) is 0 Å². The molecule has 0 bridgehead atoms. The minimum Gasteiger partial charge on any atom is -0.399 e. The van der Waals surface area contributed by atoms with Crippen LogP contribution in [0, 0.1) is 0 Å². The third-order valence-corrected chi connectivity index (χ3v) is 1.67. The Morgan fingerprint density at radius 1 is 1.08 bits per heavy atom. The molecule has 0 unspecified atom stereocenters. The van der Waals surface area contributed by atoms with E-state index in [1.807, 2.05) is 38.1 Å². The van der Waals surface area contributed by atoms with Gasteiger partial charge in [0.15, 0.2) is 0 Å². The monoisotopic (exact) mass is 177 g/mol. The normalized spacial score (nSPS) is 9.38. The van der Waals surface area contributed by atoms with Gasteiger partial charge in [-0.2, -0.15) is 0 Å². The Kier molecular flexibility index (Phi) is 2.80. The minimum absolute atomic E-state index is 0.672. The van der Waals surface area contributed by atoms with Gasteiger partial charge in [-0.3, -0.25) is 0 Å². The fourth-order valence-corrected chi connectivity index (χ4v) is 1.17. The summed E-state index contributed by atoms with van der Waals surface area (Å²) in [6.45, 7) is 4.00. The highest BCUT2D eigenvalue weighted by Crippen LogP contribution is 2.18. The Balaban J connectivity index is 0.000000396. The molecule has 2 rings (SSSR count). The molecule has 5 N–H and O–H groups in total. The fraction of sp³-hybridized carbons (Fsp3) is 0.200. The van der Waals surface area contributed by atoms with Crippen molar-refractivity contribution in [3.05, 3.63) is 24.3 Å². The van der Waals surface area contributed by atoms with Gasteiger partial charge in [0.25, 0.3) is 0 Å². The second-order valence-corrected chi connectivity index (χ2v) is 2.57. The quantitative estimate of drug-likeness (QED) is 0.541. The van der Waals surface area contributed by atoms with Gasteiger partial charge in [-0.25, -0.2) is 0 Å². The van der Waals surface area contributed by atoms with E-state index in [0.717, 1.165) is 16.6 Å². The van der Waals surface area contributed by atoms with Crippen LogP contribution in [0.3, 0.4) is 0 Å². The Hall–Kier alpha value is -1.64. The molecule has 1 aromatic carbocycles. The number of aromatic nitrogens is 1. The van der Waals surface area contributed by atoms with Gasteiger partial charge in [-0.1, -0.05) is 13.8 Å². The lowest BCUT2D eigenvalue weighted by Gasteiger charge is -1.90. The molecule has 0 radical (unpaired) electrons. The number of nitrogen functional groups attached to an aromatic ring is 2. The van der Waals surface area contributed by atoms with Crippen molar-refractivity contribution < 1.29 is 0 Å². The third kappa shape index (κ3) is 1.93. The van der Waals surface area contributed by atoms with Crippen molar-refractivity contribution in [2.45, 2.75) is 13.8 Å². The molecule has 0 aliphatic rings. The van der Waals surface area contributed by atoms with E-state index in [1.54, 1.807) is 0 Å². The van der Waals surface area contributed by atoms with Crippen LogP contribution in [0.1, 0.15) is 13.8 Å². The van der Waals surface area contributed by atoms with Crippen LogP contribution in [0.2, 0.25) is 0 Å². The topological polar surface area (TPSA) is 67.8 Å². The SMILES string of the molecule is CC.Nc1ccc2[nH]c(N)cc2c1. The van der Waals surface area contributed by atoms with Gasteiger partial charge in [-0.05, 0) is 24.3 Å². The van der Waals surface area contributed by atoms with Crippen molar-refractivity contribution in [3.63, 3.8) is 0 Å². The number of H-pyrrole nitrogens is 1. The van der Waals surface area contributed by atoms with Gasteiger partial charge in [0, 0.05) is 16.6 Å². The molecular formula is C10H15N3. The van der Waals surface area contributed by atoms with Crippen molar-refractivity contribution in [1.29, 1.82) is 0 Å². The van der Waals surface area contributed by atoms with Gasteiger partial charge >= 0.3 is 0 Å². The largest absolute Gasteiger partial charge is 0.399 e. The average molecular weight is 177 g/mol. The molecule has 1 aromatic heterocycles. The number of benzene rings is 1. The lowest BCUT2D eigenvalue weighted by molar-refractivity contribution is 1.47. The Labute approximate surface area is 77.7 Å². The number of fused-ring (bicyclic) bond motifs is 1. The molecule has 0 amide bonds. The first-order chi connectivity index (χ1) is 6.25. The number of aromatic amines is 1. The molecule has 0 saturated heterocycles.